The highest BCUT2D eigenvalue weighted by molar-refractivity contribution is 5.95. The molecule has 0 saturated carbocycles. The van der Waals surface area contributed by atoms with Crippen molar-refractivity contribution in [3.05, 3.63) is 71.2 Å². The molecule has 0 saturated heterocycles. The third-order valence-electron chi connectivity index (χ3n) is 4.86. The van der Waals surface area contributed by atoms with Crippen LogP contribution in [0.3, 0.4) is 0 Å². The molecule has 0 unspecified atom stereocenters. The third kappa shape index (κ3) is 3.47. The fourth-order valence-corrected chi connectivity index (χ4v) is 3.43. The van der Waals surface area contributed by atoms with Gasteiger partial charge in [0.15, 0.2) is 23.0 Å². The Morgan fingerprint density at radius 3 is 2.24 bits per heavy atom. The molecule has 0 aliphatic carbocycles. The highest BCUT2D eigenvalue weighted by Crippen LogP contribution is 2.34. The molecule has 0 radical (unpaired) electrons. The van der Waals surface area contributed by atoms with Gasteiger partial charge in [0, 0.05) is 12.1 Å². The Kier molecular flexibility index (Phi) is 4.27. The molecule has 148 valence electrons. The van der Waals surface area contributed by atoms with Crippen molar-refractivity contribution in [2.45, 2.75) is 20.0 Å². The average Bonchev–Trinajstić information content (AvgIpc) is 3.46. The molecule has 1 amide bonds. The smallest absolute Gasteiger partial charge is 0.254 e. The Balaban J connectivity index is 1.43. The van der Waals surface area contributed by atoms with E-state index in [-0.39, 0.29) is 19.5 Å². The van der Waals surface area contributed by atoms with Crippen molar-refractivity contribution < 1.29 is 28.2 Å². The Bertz CT molecular complexity index is 1070. The topological polar surface area (TPSA) is 70.4 Å². The average molecular weight is 393 g/mol. The van der Waals surface area contributed by atoms with E-state index in [4.69, 9.17) is 23.4 Å². The lowest BCUT2D eigenvalue weighted by molar-refractivity contribution is 0.0716. The van der Waals surface area contributed by atoms with Gasteiger partial charge in [-0.3, -0.25) is 4.79 Å². The van der Waals surface area contributed by atoms with E-state index >= 15 is 0 Å². The number of ether oxygens (including phenoxy) is 4. The lowest BCUT2D eigenvalue weighted by Crippen LogP contribution is -2.30. The standard InChI is InChI=1S/C22H19NO6/c1-14-2-5-17(29-14)11-23(10-15-3-6-18-20(8-15)27-12-25-18)22(24)16-4-7-19-21(9-16)28-13-26-19/h2-9H,10-13H2,1H3. The van der Waals surface area contributed by atoms with Gasteiger partial charge in [-0.05, 0) is 55.0 Å². The Labute approximate surface area is 167 Å². The summed E-state index contributed by atoms with van der Waals surface area (Å²) in [5.74, 6) is 4.01. The van der Waals surface area contributed by atoms with E-state index in [2.05, 4.69) is 0 Å². The second-order valence-electron chi connectivity index (χ2n) is 6.93. The Morgan fingerprint density at radius 1 is 0.828 bits per heavy atom. The Morgan fingerprint density at radius 2 is 1.52 bits per heavy atom. The van der Waals surface area contributed by atoms with E-state index in [0.29, 0.717) is 41.7 Å². The quantitative estimate of drug-likeness (QED) is 0.655. The van der Waals surface area contributed by atoms with Gasteiger partial charge in [-0.2, -0.15) is 0 Å². The van der Waals surface area contributed by atoms with E-state index in [9.17, 15) is 4.79 Å². The number of carbonyl (C=O) groups excluding carboxylic acids is 1. The molecule has 0 spiro atoms. The molecule has 2 aliphatic heterocycles. The number of fused-ring (bicyclic) bond motifs is 2. The molecule has 7 nitrogen and oxygen atoms in total. The van der Waals surface area contributed by atoms with E-state index < -0.39 is 0 Å². The van der Waals surface area contributed by atoms with Gasteiger partial charge in [0.1, 0.15) is 11.5 Å². The molecule has 0 bridgehead atoms. The summed E-state index contributed by atoms with van der Waals surface area (Å²) in [6.07, 6.45) is 0. The minimum absolute atomic E-state index is 0.130. The number of furan rings is 1. The van der Waals surface area contributed by atoms with Crippen molar-refractivity contribution in [1.29, 1.82) is 0 Å². The second-order valence-corrected chi connectivity index (χ2v) is 6.93. The van der Waals surface area contributed by atoms with Crippen molar-refractivity contribution in [1.82, 2.24) is 4.90 Å². The van der Waals surface area contributed by atoms with Gasteiger partial charge in [-0.25, -0.2) is 0 Å². The van der Waals surface area contributed by atoms with Crippen LogP contribution in [-0.2, 0) is 13.1 Å². The van der Waals surface area contributed by atoms with Crippen molar-refractivity contribution in [3.8, 4) is 23.0 Å². The molecule has 3 heterocycles. The maximum Gasteiger partial charge on any atom is 0.254 e. The fourth-order valence-electron chi connectivity index (χ4n) is 3.43. The summed E-state index contributed by atoms with van der Waals surface area (Å²) in [5, 5.41) is 0. The largest absolute Gasteiger partial charge is 0.464 e. The van der Waals surface area contributed by atoms with Gasteiger partial charge in [0.05, 0.1) is 6.54 Å². The molecular weight excluding hydrogens is 374 g/mol. The van der Waals surface area contributed by atoms with Crippen LogP contribution in [-0.4, -0.2) is 24.4 Å². The van der Waals surface area contributed by atoms with E-state index in [0.717, 1.165) is 17.1 Å². The maximum absolute atomic E-state index is 13.3. The van der Waals surface area contributed by atoms with Crippen molar-refractivity contribution in [2.75, 3.05) is 13.6 Å². The number of nitrogens with zero attached hydrogens (tertiary/aromatic N) is 1. The van der Waals surface area contributed by atoms with Gasteiger partial charge in [0.2, 0.25) is 13.6 Å². The van der Waals surface area contributed by atoms with Crippen molar-refractivity contribution >= 4 is 5.91 Å². The zero-order valence-electron chi connectivity index (χ0n) is 15.8. The molecular formula is C22H19NO6. The van der Waals surface area contributed by atoms with Gasteiger partial charge in [0.25, 0.3) is 5.91 Å². The van der Waals surface area contributed by atoms with Crippen LogP contribution in [0.25, 0.3) is 0 Å². The molecule has 1 aromatic heterocycles. The summed E-state index contributed by atoms with van der Waals surface area (Å²) >= 11 is 0. The summed E-state index contributed by atoms with van der Waals surface area (Å²) in [6.45, 7) is 2.99. The SMILES string of the molecule is Cc1ccc(CN(Cc2ccc3c(c2)OCO3)C(=O)c2ccc3c(c2)OCO3)o1. The van der Waals surface area contributed by atoms with Crippen LogP contribution in [0.15, 0.2) is 52.9 Å². The number of carbonyl (C=O) groups is 1. The minimum Gasteiger partial charge on any atom is -0.464 e. The first-order valence-electron chi connectivity index (χ1n) is 9.28. The maximum atomic E-state index is 13.3. The molecule has 29 heavy (non-hydrogen) atoms. The second kappa shape index (κ2) is 7.09. The molecule has 7 heteroatoms. The lowest BCUT2D eigenvalue weighted by atomic mass is 10.1. The number of hydrogen-bond acceptors (Lipinski definition) is 6. The first-order chi connectivity index (χ1) is 14.2. The lowest BCUT2D eigenvalue weighted by Gasteiger charge is -2.22. The van der Waals surface area contributed by atoms with Gasteiger partial charge >= 0.3 is 0 Å². The third-order valence-corrected chi connectivity index (χ3v) is 4.86. The van der Waals surface area contributed by atoms with Crippen LogP contribution in [0.1, 0.15) is 27.4 Å². The molecule has 2 aliphatic rings. The predicted molar refractivity (Wildman–Crippen MR) is 102 cm³/mol. The zero-order valence-corrected chi connectivity index (χ0v) is 15.8. The summed E-state index contributed by atoms with van der Waals surface area (Å²) < 4.78 is 27.3. The normalized spacial score (nSPS) is 13.6. The molecule has 0 fully saturated rings. The van der Waals surface area contributed by atoms with Crippen LogP contribution in [0.2, 0.25) is 0 Å². The number of aryl methyl sites for hydroxylation is 1. The zero-order chi connectivity index (χ0) is 19.8. The number of amides is 1. The molecule has 5 rings (SSSR count). The number of rotatable bonds is 5. The first-order valence-corrected chi connectivity index (χ1v) is 9.28. The number of benzene rings is 2. The van der Waals surface area contributed by atoms with Crippen molar-refractivity contribution in [3.63, 3.8) is 0 Å². The molecule has 0 N–H and O–H groups in total. The van der Waals surface area contributed by atoms with E-state index in [1.165, 1.54) is 0 Å². The summed E-state index contributed by atoms with van der Waals surface area (Å²) in [5.41, 5.74) is 1.46. The first kappa shape index (κ1) is 17.5. The van der Waals surface area contributed by atoms with Crippen LogP contribution in [0.5, 0.6) is 23.0 Å². The fraction of sp³-hybridized carbons (Fsp3) is 0.227. The van der Waals surface area contributed by atoms with Crippen LogP contribution >= 0.6 is 0 Å². The highest BCUT2D eigenvalue weighted by Gasteiger charge is 2.23. The minimum atomic E-state index is -0.130. The number of hydrogen-bond donors (Lipinski definition) is 0. The molecule has 2 aromatic carbocycles. The molecule has 0 atom stereocenters. The van der Waals surface area contributed by atoms with Gasteiger partial charge < -0.3 is 28.3 Å². The van der Waals surface area contributed by atoms with E-state index in [1.54, 1.807) is 23.1 Å². The molecule has 3 aromatic rings. The highest BCUT2D eigenvalue weighted by atomic mass is 16.7. The summed E-state index contributed by atoms with van der Waals surface area (Å²) in [7, 11) is 0. The predicted octanol–water partition coefficient (Wildman–Crippen LogP) is 3.89. The Hall–Kier alpha value is -3.61. The van der Waals surface area contributed by atoms with Crippen LogP contribution in [0.4, 0.5) is 0 Å². The van der Waals surface area contributed by atoms with Gasteiger partial charge in [-0.1, -0.05) is 6.07 Å². The van der Waals surface area contributed by atoms with Crippen LogP contribution in [0, 0.1) is 6.92 Å². The van der Waals surface area contributed by atoms with Gasteiger partial charge in [-0.15, -0.1) is 0 Å². The van der Waals surface area contributed by atoms with E-state index in [1.807, 2.05) is 37.3 Å². The summed E-state index contributed by atoms with van der Waals surface area (Å²) in [4.78, 5) is 15.1. The van der Waals surface area contributed by atoms with Crippen molar-refractivity contribution in [2.24, 2.45) is 0 Å². The monoisotopic (exact) mass is 393 g/mol. The van der Waals surface area contributed by atoms with Crippen LogP contribution < -0.4 is 18.9 Å². The summed E-state index contributed by atoms with van der Waals surface area (Å²) in [6, 6.07) is 14.7.